The number of methoxy groups -OCH3 is 1. The molecule has 3 nitrogen and oxygen atoms in total. The number of aromatic nitrogens is 1. The Bertz CT molecular complexity index is 514. The van der Waals surface area contributed by atoms with Crippen LogP contribution in [-0.4, -0.2) is 12.1 Å². The minimum atomic E-state index is 0.579. The average Bonchev–Trinajstić information content (AvgIpc) is 2.29. The fraction of sp³-hybridized carbons (Fsp3) is 0.0833. The van der Waals surface area contributed by atoms with Crippen molar-refractivity contribution in [3.8, 4) is 17.0 Å². The molecule has 1 aromatic carbocycles. The number of nitrogens with zero attached hydrogens (tertiary/aromatic N) is 1. The van der Waals surface area contributed by atoms with Crippen LogP contribution in [0.5, 0.6) is 5.75 Å². The third kappa shape index (κ3) is 2.09. The molecule has 16 heavy (non-hydrogen) atoms. The molecule has 0 saturated carbocycles. The van der Waals surface area contributed by atoms with Gasteiger partial charge in [-0.05, 0) is 24.3 Å². The lowest BCUT2D eigenvalue weighted by Gasteiger charge is -2.06. The van der Waals surface area contributed by atoms with Gasteiger partial charge in [-0.1, -0.05) is 17.7 Å². The minimum Gasteiger partial charge on any atom is -0.495 e. The topological polar surface area (TPSA) is 48.1 Å². The van der Waals surface area contributed by atoms with Crippen LogP contribution in [0.4, 0.5) is 5.69 Å². The zero-order valence-electron chi connectivity index (χ0n) is 8.77. The summed E-state index contributed by atoms with van der Waals surface area (Å²) in [6, 6.07) is 9.05. The van der Waals surface area contributed by atoms with Crippen molar-refractivity contribution in [3.63, 3.8) is 0 Å². The number of hydrogen-bond acceptors (Lipinski definition) is 3. The number of nitrogens with two attached hydrogens (primary N) is 1. The summed E-state index contributed by atoms with van der Waals surface area (Å²) in [6.07, 6.45) is 1.67. The van der Waals surface area contributed by atoms with Crippen LogP contribution in [-0.2, 0) is 0 Å². The van der Waals surface area contributed by atoms with Crippen LogP contribution in [0.3, 0.4) is 0 Å². The quantitative estimate of drug-likeness (QED) is 0.869. The molecule has 0 aliphatic carbocycles. The first-order chi connectivity index (χ1) is 7.70. The van der Waals surface area contributed by atoms with Gasteiger partial charge in [0.1, 0.15) is 5.75 Å². The van der Waals surface area contributed by atoms with Crippen LogP contribution in [0.1, 0.15) is 0 Å². The number of halogens is 1. The highest BCUT2D eigenvalue weighted by Crippen LogP contribution is 2.29. The molecule has 0 bridgehead atoms. The van der Waals surface area contributed by atoms with Crippen molar-refractivity contribution in [2.45, 2.75) is 0 Å². The standard InChI is InChI=1S/C12H11ClN2O/c1-16-12-6-8(2-3-10(12)13)11-7-9(14)4-5-15-11/h2-7H,1H3,(H2,14,15). The van der Waals surface area contributed by atoms with E-state index in [1.54, 1.807) is 25.4 Å². The van der Waals surface area contributed by atoms with Gasteiger partial charge in [0.05, 0.1) is 17.8 Å². The summed E-state index contributed by atoms with van der Waals surface area (Å²) in [5.74, 6) is 0.628. The Hall–Kier alpha value is -1.74. The molecule has 0 saturated heterocycles. The van der Waals surface area contributed by atoms with Crippen LogP contribution < -0.4 is 10.5 Å². The molecule has 0 radical (unpaired) electrons. The first-order valence-electron chi connectivity index (χ1n) is 4.76. The van der Waals surface area contributed by atoms with Gasteiger partial charge in [0.15, 0.2) is 0 Å². The van der Waals surface area contributed by atoms with E-state index in [4.69, 9.17) is 22.1 Å². The van der Waals surface area contributed by atoms with Gasteiger partial charge < -0.3 is 10.5 Å². The molecule has 0 spiro atoms. The second-order valence-corrected chi connectivity index (χ2v) is 3.73. The molecule has 0 aliphatic rings. The molecule has 4 heteroatoms. The van der Waals surface area contributed by atoms with Crippen molar-refractivity contribution < 1.29 is 4.74 Å². The van der Waals surface area contributed by atoms with E-state index in [0.717, 1.165) is 11.3 Å². The molecular weight excluding hydrogens is 224 g/mol. The predicted octanol–water partition coefficient (Wildman–Crippen LogP) is 2.99. The van der Waals surface area contributed by atoms with Gasteiger partial charge in [-0.15, -0.1) is 0 Å². The molecule has 0 atom stereocenters. The number of nitrogen functional groups attached to an aromatic ring is 1. The van der Waals surface area contributed by atoms with E-state index >= 15 is 0 Å². The third-order valence-corrected chi connectivity index (χ3v) is 2.54. The Kier molecular flexibility index (Phi) is 2.97. The first-order valence-corrected chi connectivity index (χ1v) is 5.14. The van der Waals surface area contributed by atoms with Crippen molar-refractivity contribution in [1.82, 2.24) is 4.98 Å². The second-order valence-electron chi connectivity index (χ2n) is 3.32. The third-order valence-electron chi connectivity index (χ3n) is 2.23. The molecule has 0 unspecified atom stereocenters. The van der Waals surface area contributed by atoms with Crippen LogP contribution >= 0.6 is 11.6 Å². The van der Waals surface area contributed by atoms with Crippen molar-refractivity contribution in [3.05, 3.63) is 41.6 Å². The number of anilines is 1. The smallest absolute Gasteiger partial charge is 0.138 e. The largest absolute Gasteiger partial charge is 0.495 e. The minimum absolute atomic E-state index is 0.579. The molecule has 82 valence electrons. The van der Waals surface area contributed by atoms with E-state index in [0.29, 0.717) is 16.5 Å². The normalized spacial score (nSPS) is 10.1. The van der Waals surface area contributed by atoms with Gasteiger partial charge in [-0.2, -0.15) is 0 Å². The number of pyridine rings is 1. The molecule has 1 aromatic heterocycles. The van der Waals surface area contributed by atoms with Gasteiger partial charge >= 0.3 is 0 Å². The Morgan fingerprint density at radius 1 is 1.25 bits per heavy atom. The van der Waals surface area contributed by atoms with Crippen molar-refractivity contribution in [2.24, 2.45) is 0 Å². The summed E-state index contributed by atoms with van der Waals surface area (Å²) in [7, 11) is 1.58. The maximum absolute atomic E-state index is 5.94. The lowest BCUT2D eigenvalue weighted by molar-refractivity contribution is 0.415. The Labute approximate surface area is 98.8 Å². The van der Waals surface area contributed by atoms with E-state index in [1.165, 1.54) is 0 Å². The van der Waals surface area contributed by atoms with Gasteiger partial charge in [-0.25, -0.2) is 0 Å². The summed E-state index contributed by atoms with van der Waals surface area (Å²) in [6.45, 7) is 0. The van der Waals surface area contributed by atoms with Gasteiger partial charge in [0, 0.05) is 17.4 Å². The highest BCUT2D eigenvalue weighted by atomic mass is 35.5. The maximum atomic E-state index is 5.94. The predicted molar refractivity (Wildman–Crippen MR) is 65.6 cm³/mol. The molecule has 2 aromatic rings. The highest BCUT2D eigenvalue weighted by molar-refractivity contribution is 6.32. The first kappa shape index (κ1) is 10.8. The monoisotopic (exact) mass is 234 g/mol. The van der Waals surface area contributed by atoms with Crippen LogP contribution in [0.15, 0.2) is 36.5 Å². The van der Waals surface area contributed by atoms with E-state index in [2.05, 4.69) is 4.98 Å². The van der Waals surface area contributed by atoms with E-state index in [9.17, 15) is 0 Å². The lowest BCUT2D eigenvalue weighted by atomic mass is 10.1. The number of hydrogen-bond donors (Lipinski definition) is 1. The average molecular weight is 235 g/mol. The zero-order valence-corrected chi connectivity index (χ0v) is 9.53. The summed E-state index contributed by atoms with van der Waals surface area (Å²) in [5.41, 5.74) is 8.10. The SMILES string of the molecule is COc1cc(-c2cc(N)ccn2)ccc1Cl. The maximum Gasteiger partial charge on any atom is 0.138 e. The van der Waals surface area contributed by atoms with Gasteiger partial charge in [-0.3, -0.25) is 4.98 Å². The van der Waals surface area contributed by atoms with E-state index in [-0.39, 0.29) is 0 Å². The molecule has 1 heterocycles. The van der Waals surface area contributed by atoms with Gasteiger partial charge in [0.25, 0.3) is 0 Å². The highest BCUT2D eigenvalue weighted by Gasteiger charge is 2.05. The summed E-state index contributed by atoms with van der Waals surface area (Å²) in [4.78, 5) is 4.24. The molecule has 0 aliphatic heterocycles. The number of benzene rings is 1. The summed E-state index contributed by atoms with van der Waals surface area (Å²) < 4.78 is 5.15. The second kappa shape index (κ2) is 4.41. The Morgan fingerprint density at radius 3 is 2.75 bits per heavy atom. The molecular formula is C12H11ClN2O. The Balaban J connectivity index is 2.48. The Morgan fingerprint density at radius 2 is 2.06 bits per heavy atom. The van der Waals surface area contributed by atoms with E-state index in [1.807, 2.05) is 18.2 Å². The van der Waals surface area contributed by atoms with Crippen LogP contribution in [0.2, 0.25) is 5.02 Å². The fourth-order valence-corrected chi connectivity index (χ4v) is 1.62. The van der Waals surface area contributed by atoms with Crippen LogP contribution in [0.25, 0.3) is 11.3 Å². The summed E-state index contributed by atoms with van der Waals surface area (Å²) >= 11 is 5.94. The fourth-order valence-electron chi connectivity index (χ4n) is 1.42. The molecule has 2 rings (SSSR count). The van der Waals surface area contributed by atoms with Crippen LogP contribution in [0, 0.1) is 0 Å². The van der Waals surface area contributed by atoms with Crippen molar-refractivity contribution in [1.29, 1.82) is 0 Å². The number of rotatable bonds is 2. The molecule has 0 amide bonds. The van der Waals surface area contributed by atoms with Gasteiger partial charge in [0.2, 0.25) is 0 Å². The summed E-state index contributed by atoms with van der Waals surface area (Å²) in [5, 5.41) is 0.579. The molecule has 2 N–H and O–H groups in total. The zero-order chi connectivity index (χ0) is 11.5. The lowest BCUT2D eigenvalue weighted by Crippen LogP contribution is -1.90. The van der Waals surface area contributed by atoms with Crippen molar-refractivity contribution >= 4 is 17.3 Å². The van der Waals surface area contributed by atoms with Crippen molar-refractivity contribution in [2.75, 3.05) is 12.8 Å². The number of ether oxygens (including phenoxy) is 1. The van der Waals surface area contributed by atoms with E-state index < -0.39 is 0 Å². The molecule has 0 fully saturated rings.